The van der Waals surface area contributed by atoms with Gasteiger partial charge in [-0.25, -0.2) is 4.98 Å². The molecular formula is C21H21N3O3. The number of nitrogens with zero attached hydrogens (tertiary/aromatic N) is 1. The van der Waals surface area contributed by atoms with Crippen LogP contribution in [0.2, 0.25) is 0 Å². The van der Waals surface area contributed by atoms with Gasteiger partial charge in [-0.3, -0.25) is 9.59 Å². The minimum Gasteiger partial charge on any atom is -0.481 e. The second-order valence-electron chi connectivity index (χ2n) is 7.07. The molecule has 0 spiro atoms. The van der Waals surface area contributed by atoms with Gasteiger partial charge in [-0.15, -0.1) is 0 Å². The number of hydrogen-bond acceptors (Lipinski definition) is 3. The molecule has 27 heavy (non-hydrogen) atoms. The molecule has 1 aliphatic carbocycles. The van der Waals surface area contributed by atoms with Gasteiger partial charge in [0.15, 0.2) is 0 Å². The van der Waals surface area contributed by atoms with E-state index < -0.39 is 11.9 Å². The number of carbonyl (C=O) groups excluding carboxylic acids is 1. The molecular weight excluding hydrogens is 342 g/mol. The van der Waals surface area contributed by atoms with Crippen molar-refractivity contribution in [2.45, 2.75) is 25.7 Å². The van der Waals surface area contributed by atoms with Crippen LogP contribution in [0.1, 0.15) is 25.7 Å². The Labute approximate surface area is 156 Å². The number of H-pyrrole nitrogens is 1. The van der Waals surface area contributed by atoms with Crippen LogP contribution in [0.15, 0.2) is 48.5 Å². The summed E-state index contributed by atoms with van der Waals surface area (Å²) in [6, 6.07) is 15.4. The molecule has 4 rings (SSSR count). The van der Waals surface area contributed by atoms with Crippen molar-refractivity contribution in [3.05, 3.63) is 48.5 Å². The lowest BCUT2D eigenvalue weighted by molar-refractivity contribution is -0.143. The maximum Gasteiger partial charge on any atom is 0.306 e. The van der Waals surface area contributed by atoms with E-state index in [0.717, 1.165) is 35.3 Å². The monoisotopic (exact) mass is 363 g/mol. The van der Waals surface area contributed by atoms with E-state index in [9.17, 15) is 14.7 Å². The number of carboxylic acid groups (broad SMARTS) is 1. The van der Waals surface area contributed by atoms with Crippen molar-refractivity contribution >= 4 is 28.6 Å². The highest BCUT2D eigenvalue weighted by Gasteiger charge is 2.31. The number of benzene rings is 2. The average molecular weight is 363 g/mol. The maximum atomic E-state index is 12.5. The van der Waals surface area contributed by atoms with Crippen LogP contribution in [0.25, 0.3) is 22.4 Å². The number of imidazole rings is 1. The third-order valence-electron chi connectivity index (χ3n) is 5.21. The fourth-order valence-corrected chi connectivity index (χ4v) is 3.70. The minimum atomic E-state index is -0.803. The van der Waals surface area contributed by atoms with Crippen LogP contribution in [0, 0.1) is 11.8 Å². The quantitative estimate of drug-likeness (QED) is 0.651. The maximum absolute atomic E-state index is 12.5. The molecule has 1 heterocycles. The summed E-state index contributed by atoms with van der Waals surface area (Å²) in [6.07, 6.45) is 2.59. The molecule has 1 aromatic heterocycles. The van der Waals surface area contributed by atoms with E-state index in [0.29, 0.717) is 18.5 Å². The Hall–Kier alpha value is -3.15. The predicted octanol–water partition coefficient (Wildman–Crippen LogP) is 4.06. The van der Waals surface area contributed by atoms with Crippen LogP contribution in [-0.4, -0.2) is 27.0 Å². The van der Waals surface area contributed by atoms with Crippen molar-refractivity contribution in [1.82, 2.24) is 9.97 Å². The number of nitrogens with one attached hydrogen (secondary N) is 2. The first-order valence-electron chi connectivity index (χ1n) is 9.19. The zero-order valence-electron chi connectivity index (χ0n) is 14.8. The molecule has 2 atom stereocenters. The molecule has 0 aliphatic heterocycles. The number of aromatic nitrogens is 2. The van der Waals surface area contributed by atoms with Crippen molar-refractivity contribution in [3.63, 3.8) is 0 Å². The fraction of sp³-hybridized carbons (Fsp3) is 0.286. The Morgan fingerprint density at radius 3 is 2.52 bits per heavy atom. The first-order chi connectivity index (χ1) is 13.1. The summed E-state index contributed by atoms with van der Waals surface area (Å²) in [5.41, 5.74) is 3.54. The summed E-state index contributed by atoms with van der Waals surface area (Å²) >= 11 is 0. The van der Waals surface area contributed by atoms with Gasteiger partial charge in [-0.1, -0.05) is 18.6 Å². The second-order valence-corrected chi connectivity index (χ2v) is 7.07. The first kappa shape index (κ1) is 17.3. The van der Waals surface area contributed by atoms with Gasteiger partial charge < -0.3 is 15.4 Å². The van der Waals surface area contributed by atoms with E-state index in [-0.39, 0.29) is 11.8 Å². The lowest BCUT2D eigenvalue weighted by atomic mass is 9.81. The van der Waals surface area contributed by atoms with Gasteiger partial charge in [0.05, 0.1) is 17.0 Å². The van der Waals surface area contributed by atoms with E-state index >= 15 is 0 Å². The highest BCUT2D eigenvalue weighted by Crippen LogP contribution is 2.30. The largest absolute Gasteiger partial charge is 0.481 e. The van der Waals surface area contributed by atoms with Gasteiger partial charge >= 0.3 is 5.97 Å². The van der Waals surface area contributed by atoms with Crippen molar-refractivity contribution in [3.8, 4) is 11.4 Å². The third-order valence-corrected chi connectivity index (χ3v) is 5.21. The predicted molar refractivity (Wildman–Crippen MR) is 103 cm³/mol. The molecule has 3 aromatic rings. The Kier molecular flexibility index (Phi) is 4.62. The highest BCUT2D eigenvalue weighted by molar-refractivity contribution is 5.93. The van der Waals surface area contributed by atoms with Crippen LogP contribution >= 0.6 is 0 Å². The molecule has 0 radical (unpaired) electrons. The van der Waals surface area contributed by atoms with Crippen LogP contribution in [-0.2, 0) is 9.59 Å². The number of aliphatic carboxylic acids is 1. The number of aromatic amines is 1. The van der Waals surface area contributed by atoms with Crippen molar-refractivity contribution in [1.29, 1.82) is 0 Å². The summed E-state index contributed by atoms with van der Waals surface area (Å²) in [6.45, 7) is 0. The number of amides is 1. The third kappa shape index (κ3) is 3.69. The molecule has 1 aliphatic rings. The number of anilines is 1. The molecule has 1 fully saturated rings. The smallest absolute Gasteiger partial charge is 0.306 e. The second kappa shape index (κ2) is 7.23. The van der Waals surface area contributed by atoms with E-state index in [1.54, 1.807) is 0 Å². The van der Waals surface area contributed by atoms with Gasteiger partial charge in [-0.2, -0.15) is 0 Å². The average Bonchev–Trinajstić information content (AvgIpc) is 3.13. The zero-order chi connectivity index (χ0) is 18.8. The van der Waals surface area contributed by atoms with Gasteiger partial charge in [0.1, 0.15) is 5.82 Å². The Morgan fingerprint density at radius 2 is 1.78 bits per heavy atom. The number of carboxylic acids is 1. The van der Waals surface area contributed by atoms with Crippen LogP contribution < -0.4 is 5.32 Å². The molecule has 1 amide bonds. The Morgan fingerprint density at radius 1 is 1.04 bits per heavy atom. The minimum absolute atomic E-state index is 0.0996. The molecule has 2 aromatic carbocycles. The molecule has 6 heteroatoms. The molecule has 6 nitrogen and oxygen atoms in total. The van der Waals surface area contributed by atoms with E-state index in [1.165, 1.54) is 0 Å². The van der Waals surface area contributed by atoms with Gasteiger partial charge in [0.25, 0.3) is 0 Å². The topological polar surface area (TPSA) is 95.1 Å². The van der Waals surface area contributed by atoms with Gasteiger partial charge in [0.2, 0.25) is 5.91 Å². The molecule has 2 unspecified atom stereocenters. The lowest BCUT2D eigenvalue weighted by Gasteiger charge is -2.25. The van der Waals surface area contributed by atoms with Crippen molar-refractivity contribution in [2.75, 3.05) is 5.32 Å². The summed E-state index contributed by atoms with van der Waals surface area (Å²) in [5.74, 6) is -0.773. The lowest BCUT2D eigenvalue weighted by Crippen LogP contribution is -2.30. The normalized spacial score (nSPS) is 19.7. The van der Waals surface area contributed by atoms with E-state index in [1.807, 2.05) is 48.5 Å². The SMILES string of the molecule is O=C(O)C1CCCC(C(=O)Nc2ccc(-c3nc4ccccc4[nH]3)cc2)C1. The summed E-state index contributed by atoms with van der Waals surface area (Å²) in [7, 11) is 0. The number of rotatable bonds is 4. The van der Waals surface area contributed by atoms with E-state index in [4.69, 9.17) is 0 Å². The van der Waals surface area contributed by atoms with Crippen molar-refractivity contribution in [2.24, 2.45) is 11.8 Å². The number of fused-ring (bicyclic) bond motifs is 1. The van der Waals surface area contributed by atoms with E-state index in [2.05, 4.69) is 15.3 Å². The summed E-state index contributed by atoms with van der Waals surface area (Å²) in [5, 5.41) is 12.1. The molecule has 0 saturated heterocycles. The molecule has 138 valence electrons. The number of para-hydroxylation sites is 2. The Bertz CT molecular complexity index is 945. The summed E-state index contributed by atoms with van der Waals surface area (Å²) < 4.78 is 0. The molecule has 0 bridgehead atoms. The molecule has 3 N–H and O–H groups in total. The number of hydrogen-bond donors (Lipinski definition) is 3. The highest BCUT2D eigenvalue weighted by atomic mass is 16.4. The summed E-state index contributed by atoms with van der Waals surface area (Å²) in [4.78, 5) is 31.5. The van der Waals surface area contributed by atoms with Crippen LogP contribution in [0.3, 0.4) is 0 Å². The standard InChI is InChI=1S/C21H21N3O3/c25-20(14-4-3-5-15(12-14)21(26)27)22-16-10-8-13(9-11-16)19-23-17-6-1-2-7-18(17)24-19/h1-2,6-11,14-15H,3-5,12H2,(H,22,25)(H,23,24)(H,26,27). The van der Waals surface area contributed by atoms with Gasteiger partial charge in [0, 0.05) is 17.2 Å². The van der Waals surface area contributed by atoms with Crippen LogP contribution in [0.4, 0.5) is 5.69 Å². The number of carbonyl (C=O) groups is 2. The van der Waals surface area contributed by atoms with Crippen LogP contribution in [0.5, 0.6) is 0 Å². The zero-order valence-corrected chi connectivity index (χ0v) is 14.8. The fourth-order valence-electron chi connectivity index (χ4n) is 3.70. The van der Waals surface area contributed by atoms with Gasteiger partial charge in [-0.05, 0) is 55.7 Å². The molecule has 1 saturated carbocycles. The Balaban J connectivity index is 1.44. The first-order valence-corrected chi connectivity index (χ1v) is 9.19. The van der Waals surface area contributed by atoms with Crippen molar-refractivity contribution < 1.29 is 14.7 Å².